The molecule has 0 amide bonds. The molecule has 0 fully saturated rings. The van der Waals surface area contributed by atoms with E-state index in [4.69, 9.17) is 0 Å². The molecular weight excluding hydrogens is 216 g/mol. The largest absolute Gasteiger partial charge is 0.376 e. The van der Waals surface area contributed by atoms with Crippen LogP contribution in [-0.2, 0) is 0 Å². The maximum Gasteiger partial charge on any atom is 0.258 e. The Balaban J connectivity index is 2.74. The number of benzene rings is 1. The minimum absolute atomic E-state index is 0.789. The Morgan fingerprint density at radius 1 is 1.33 bits per heavy atom. The van der Waals surface area contributed by atoms with Crippen LogP contribution < -0.4 is 5.32 Å². The second-order valence-electron chi connectivity index (χ2n) is 3.20. The van der Waals surface area contributed by atoms with Crippen LogP contribution in [0.3, 0.4) is 0 Å². The summed E-state index contributed by atoms with van der Waals surface area (Å²) >= 11 is 1.65. The summed E-state index contributed by atoms with van der Waals surface area (Å²) in [6.07, 6.45) is -2.34. The third-order valence-electron chi connectivity index (χ3n) is 1.95. The first kappa shape index (κ1) is 12.3. The van der Waals surface area contributed by atoms with Crippen LogP contribution in [0.1, 0.15) is 13.8 Å². The second-order valence-corrected chi connectivity index (χ2v) is 4.50. The van der Waals surface area contributed by atoms with Gasteiger partial charge in [0.25, 0.3) is 6.43 Å². The highest BCUT2D eigenvalue weighted by Crippen LogP contribution is 2.27. The third-order valence-corrected chi connectivity index (χ3v) is 2.90. The van der Waals surface area contributed by atoms with Crippen molar-refractivity contribution in [3.8, 4) is 0 Å². The molecule has 15 heavy (non-hydrogen) atoms. The summed E-state index contributed by atoms with van der Waals surface area (Å²) in [6.45, 7) is 3.52. The zero-order valence-electron chi connectivity index (χ0n) is 8.84. The first-order valence-electron chi connectivity index (χ1n) is 4.91. The molecule has 1 atom stereocenters. The lowest BCUT2D eigenvalue weighted by atomic mass is 10.2. The fraction of sp³-hybridized carbons (Fsp3) is 0.455. The van der Waals surface area contributed by atoms with E-state index in [1.807, 2.05) is 31.2 Å². The molecule has 1 N–H and O–H groups in total. The molecule has 0 heterocycles. The Labute approximate surface area is 93.3 Å². The van der Waals surface area contributed by atoms with Crippen LogP contribution in [0, 0.1) is 0 Å². The SMILES string of the molecule is CCSc1ccccc1NC(C)C(F)F. The lowest BCUT2D eigenvalue weighted by Crippen LogP contribution is -2.24. The van der Waals surface area contributed by atoms with E-state index < -0.39 is 12.5 Å². The number of hydrogen-bond acceptors (Lipinski definition) is 2. The first-order valence-corrected chi connectivity index (χ1v) is 5.90. The Morgan fingerprint density at radius 2 is 2.00 bits per heavy atom. The second kappa shape index (κ2) is 5.95. The number of nitrogens with one attached hydrogen (secondary N) is 1. The summed E-state index contributed by atoms with van der Waals surface area (Å²) < 4.78 is 24.7. The average Bonchev–Trinajstić information content (AvgIpc) is 2.21. The van der Waals surface area contributed by atoms with E-state index in [9.17, 15) is 8.78 Å². The van der Waals surface area contributed by atoms with Gasteiger partial charge in [-0.3, -0.25) is 0 Å². The van der Waals surface area contributed by atoms with Gasteiger partial charge in [-0.05, 0) is 24.8 Å². The minimum Gasteiger partial charge on any atom is -0.376 e. The van der Waals surface area contributed by atoms with Gasteiger partial charge in [0.2, 0.25) is 0 Å². The van der Waals surface area contributed by atoms with Gasteiger partial charge in [0.15, 0.2) is 0 Å². The molecule has 0 aromatic heterocycles. The van der Waals surface area contributed by atoms with Gasteiger partial charge in [0, 0.05) is 10.6 Å². The standard InChI is InChI=1S/C11H15F2NS/c1-3-15-10-7-5-4-6-9(10)14-8(2)11(12)13/h4-8,11,14H,3H2,1-2H3. The van der Waals surface area contributed by atoms with Crippen LogP contribution in [0.2, 0.25) is 0 Å². The van der Waals surface area contributed by atoms with Gasteiger partial charge >= 0.3 is 0 Å². The van der Waals surface area contributed by atoms with Crippen molar-refractivity contribution in [2.24, 2.45) is 0 Å². The van der Waals surface area contributed by atoms with E-state index in [0.29, 0.717) is 0 Å². The van der Waals surface area contributed by atoms with Gasteiger partial charge in [-0.2, -0.15) is 0 Å². The number of para-hydroxylation sites is 1. The van der Waals surface area contributed by atoms with Crippen LogP contribution in [-0.4, -0.2) is 18.2 Å². The maximum absolute atomic E-state index is 12.4. The summed E-state index contributed by atoms with van der Waals surface area (Å²) in [5.74, 6) is 0.932. The highest BCUT2D eigenvalue weighted by Gasteiger charge is 2.15. The van der Waals surface area contributed by atoms with E-state index in [2.05, 4.69) is 5.32 Å². The molecule has 1 aromatic carbocycles. The molecule has 4 heteroatoms. The quantitative estimate of drug-likeness (QED) is 0.772. The van der Waals surface area contributed by atoms with E-state index in [-0.39, 0.29) is 0 Å². The fourth-order valence-corrected chi connectivity index (χ4v) is 1.94. The van der Waals surface area contributed by atoms with Crippen molar-refractivity contribution in [1.82, 2.24) is 0 Å². The minimum atomic E-state index is -2.34. The Kier molecular flexibility index (Phi) is 4.88. The smallest absolute Gasteiger partial charge is 0.258 e. The topological polar surface area (TPSA) is 12.0 Å². The zero-order valence-corrected chi connectivity index (χ0v) is 9.65. The molecule has 84 valence electrons. The highest BCUT2D eigenvalue weighted by atomic mass is 32.2. The Hall–Kier alpha value is -0.770. The van der Waals surface area contributed by atoms with E-state index in [1.165, 1.54) is 6.92 Å². The number of alkyl halides is 2. The zero-order chi connectivity index (χ0) is 11.3. The molecule has 0 radical (unpaired) electrons. The van der Waals surface area contributed by atoms with Crippen LogP contribution in [0.5, 0.6) is 0 Å². The van der Waals surface area contributed by atoms with Crippen molar-refractivity contribution in [3.63, 3.8) is 0 Å². The van der Waals surface area contributed by atoms with E-state index >= 15 is 0 Å². The maximum atomic E-state index is 12.4. The number of thioether (sulfide) groups is 1. The predicted molar refractivity (Wildman–Crippen MR) is 61.9 cm³/mol. The van der Waals surface area contributed by atoms with Crippen molar-refractivity contribution >= 4 is 17.4 Å². The highest BCUT2D eigenvalue weighted by molar-refractivity contribution is 7.99. The van der Waals surface area contributed by atoms with Gasteiger partial charge in [-0.1, -0.05) is 19.1 Å². The molecule has 1 nitrogen and oxygen atoms in total. The predicted octanol–water partition coefficient (Wildman–Crippen LogP) is 3.86. The van der Waals surface area contributed by atoms with Crippen LogP contribution >= 0.6 is 11.8 Å². The molecule has 0 aliphatic carbocycles. The van der Waals surface area contributed by atoms with Gasteiger partial charge in [0.05, 0.1) is 6.04 Å². The normalized spacial score (nSPS) is 12.9. The molecule has 0 saturated carbocycles. The number of halogens is 2. The number of rotatable bonds is 5. The van der Waals surface area contributed by atoms with Crippen molar-refractivity contribution < 1.29 is 8.78 Å². The summed E-state index contributed by atoms with van der Waals surface area (Å²) in [5.41, 5.74) is 0.789. The Bertz CT molecular complexity index is 304. The summed E-state index contributed by atoms with van der Waals surface area (Å²) in [4.78, 5) is 1.02. The lowest BCUT2D eigenvalue weighted by Gasteiger charge is -2.16. The molecule has 0 aliphatic rings. The fourth-order valence-electron chi connectivity index (χ4n) is 1.18. The van der Waals surface area contributed by atoms with Crippen molar-refractivity contribution in [2.45, 2.75) is 31.2 Å². The van der Waals surface area contributed by atoms with Crippen molar-refractivity contribution in [3.05, 3.63) is 24.3 Å². The molecule has 0 aliphatic heterocycles. The molecule has 1 unspecified atom stereocenters. The Morgan fingerprint density at radius 3 is 2.60 bits per heavy atom. The lowest BCUT2D eigenvalue weighted by molar-refractivity contribution is 0.130. The molecular formula is C11H15F2NS. The molecule has 0 saturated heterocycles. The monoisotopic (exact) mass is 231 g/mol. The van der Waals surface area contributed by atoms with Gasteiger partial charge < -0.3 is 5.32 Å². The summed E-state index contributed by atoms with van der Waals surface area (Å²) in [5, 5.41) is 2.82. The van der Waals surface area contributed by atoms with Gasteiger partial charge in [-0.15, -0.1) is 11.8 Å². The van der Waals surface area contributed by atoms with E-state index in [1.54, 1.807) is 11.8 Å². The van der Waals surface area contributed by atoms with Crippen molar-refractivity contribution in [1.29, 1.82) is 0 Å². The van der Waals surface area contributed by atoms with Gasteiger partial charge in [0.1, 0.15) is 0 Å². The molecule has 0 spiro atoms. The van der Waals surface area contributed by atoms with Crippen LogP contribution in [0.15, 0.2) is 29.2 Å². The molecule has 1 aromatic rings. The molecule has 0 bridgehead atoms. The molecule has 1 rings (SSSR count). The van der Waals surface area contributed by atoms with E-state index in [0.717, 1.165) is 16.3 Å². The van der Waals surface area contributed by atoms with Gasteiger partial charge in [-0.25, -0.2) is 8.78 Å². The summed E-state index contributed by atoms with van der Waals surface area (Å²) in [6, 6.07) is 6.71. The van der Waals surface area contributed by atoms with Crippen LogP contribution in [0.25, 0.3) is 0 Å². The first-order chi connectivity index (χ1) is 7.15. The average molecular weight is 231 g/mol. The van der Waals surface area contributed by atoms with Crippen molar-refractivity contribution in [2.75, 3.05) is 11.1 Å². The third kappa shape index (κ3) is 3.70. The number of anilines is 1. The number of hydrogen-bond donors (Lipinski definition) is 1. The summed E-state index contributed by atoms with van der Waals surface area (Å²) in [7, 11) is 0. The van der Waals surface area contributed by atoms with Crippen LogP contribution in [0.4, 0.5) is 14.5 Å².